The van der Waals surface area contributed by atoms with E-state index in [0.29, 0.717) is 17.8 Å². The average molecular weight is 429 g/mol. The minimum atomic E-state index is -0.331. The molecule has 2 aromatic carbocycles. The van der Waals surface area contributed by atoms with Gasteiger partial charge in [-0.25, -0.2) is 0 Å². The van der Waals surface area contributed by atoms with Crippen LogP contribution in [-0.4, -0.2) is 28.8 Å². The third-order valence-corrected chi connectivity index (χ3v) is 6.37. The molecule has 0 bridgehead atoms. The fourth-order valence-corrected chi connectivity index (χ4v) is 4.81. The first-order valence-corrected chi connectivity index (χ1v) is 11.6. The van der Waals surface area contributed by atoms with Gasteiger partial charge in [0.1, 0.15) is 6.54 Å². The van der Waals surface area contributed by atoms with E-state index >= 15 is 0 Å². The third kappa shape index (κ3) is 6.30. The van der Waals surface area contributed by atoms with Crippen molar-refractivity contribution in [1.82, 2.24) is 4.57 Å². The fraction of sp³-hybridized carbons (Fsp3) is 0.318. The van der Waals surface area contributed by atoms with Crippen molar-refractivity contribution in [2.75, 3.05) is 12.4 Å². The van der Waals surface area contributed by atoms with Crippen molar-refractivity contribution in [1.29, 1.82) is 0 Å². The van der Waals surface area contributed by atoms with Crippen LogP contribution in [0.2, 0.25) is 0 Å². The summed E-state index contributed by atoms with van der Waals surface area (Å²) in [7, 11) is 0. The zero-order valence-electron chi connectivity index (χ0n) is 16.4. The van der Waals surface area contributed by atoms with E-state index in [1.165, 1.54) is 16.9 Å². The summed E-state index contributed by atoms with van der Waals surface area (Å²) in [5.74, 6) is 1.37. The maximum absolute atomic E-state index is 12.4. The highest BCUT2D eigenvalue weighted by Gasteiger charge is 2.11. The van der Waals surface area contributed by atoms with E-state index in [4.69, 9.17) is 4.74 Å². The molecule has 0 saturated carbocycles. The zero-order valence-corrected chi connectivity index (χ0v) is 18.0. The molecule has 1 aromatic heterocycles. The predicted octanol–water partition coefficient (Wildman–Crippen LogP) is 4.41. The second-order valence-electron chi connectivity index (χ2n) is 6.39. The molecule has 3 rings (SSSR count). The van der Waals surface area contributed by atoms with Crippen LogP contribution in [0.1, 0.15) is 25.3 Å². The molecule has 152 valence electrons. The van der Waals surface area contributed by atoms with Crippen LogP contribution < -0.4 is 4.80 Å². The van der Waals surface area contributed by atoms with E-state index in [2.05, 4.69) is 17.1 Å². The Morgan fingerprint density at radius 2 is 1.86 bits per heavy atom. The molecule has 0 radical (unpaired) electrons. The number of amides is 1. The first-order chi connectivity index (χ1) is 14.2. The molecule has 0 aliphatic carbocycles. The van der Waals surface area contributed by atoms with Crippen molar-refractivity contribution in [3.8, 4) is 0 Å². The Morgan fingerprint density at radius 1 is 1.10 bits per heavy atom. The number of carbonyl (C=O) groups is 2. The van der Waals surface area contributed by atoms with Gasteiger partial charge in [-0.05, 0) is 36.8 Å². The van der Waals surface area contributed by atoms with Gasteiger partial charge in [-0.1, -0.05) is 53.8 Å². The number of benzene rings is 2. The fourth-order valence-electron chi connectivity index (χ4n) is 2.85. The van der Waals surface area contributed by atoms with Crippen molar-refractivity contribution < 1.29 is 14.3 Å². The highest BCUT2D eigenvalue weighted by molar-refractivity contribution is 7.98. The van der Waals surface area contributed by atoms with Crippen molar-refractivity contribution in [2.24, 2.45) is 4.99 Å². The Balaban J connectivity index is 1.62. The molecule has 0 spiro atoms. The number of rotatable bonds is 9. The van der Waals surface area contributed by atoms with Gasteiger partial charge in [0.15, 0.2) is 4.80 Å². The number of thioether (sulfide) groups is 1. The van der Waals surface area contributed by atoms with Gasteiger partial charge in [-0.15, -0.1) is 0 Å². The Hall–Kier alpha value is -2.38. The number of fused-ring (bicyclic) bond motifs is 1. The number of para-hydroxylation sites is 1. The molecule has 0 aliphatic rings. The summed E-state index contributed by atoms with van der Waals surface area (Å²) in [6, 6.07) is 18.0. The Morgan fingerprint density at radius 3 is 2.66 bits per heavy atom. The number of thiazole rings is 1. The second-order valence-corrected chi connectivity index (χ2v) is 8.51. The molecular weight excluding hydrogens is 404 g/mol. The van der Waals surface area contributed by atoms with Gasteiger partial charge in [-0.3, -0.25) is 9.59 Å². The van der Waals surface area contributed by atoms with Crippen LogP contribution in [0.25, 0.3) is 10.2 Å². The molecule has 1 heterocycles. The van der Waals surface area contributed by atoms with E-state index < -0.39 is 0 Å². The van der Waals surface area contributed by atoms with Crippen molar-refractivity contribution in [3.05, 3.63) is 65.0 Å². The number of esters is 1. The maximum Gasteiger partial charge on any atom is 0.326 e. The summed E-state index contributed by atoms with van der Waals surface area (Å²) >= 11 is 3.23. The first-order valence-electron chi connectivity index (χ1n) is 9.60. The lowest BCUT2D eigenvalue weighted by Crippen LogP contribution is -2.23. The third-order valence-electron chi connectivity index (χ3n) is 4.19. The summed E-state index contributed by atoms with van der Waals surface area (Å²) in [6.45, 7) is 2.16. The van der Waals surface area contributed by atoms with Crippen LogP contribution in [0.5, 0.6) is 0 Å². The van der Waals surface area contributed by atoms with E-state index in [-0.39, 0.29) is 18.4 Å². The van der Waals surface area contributed by atoms with Gasteiger partial charge >= 0.3 is 5.97 Å². The molecule has 0 atom stereocenters. The Labute approximate surface area is 178 Å². The zero-order chi connectivity index (χ0) is 20.5. The molecule has 0 fully saturated rings. The predicted molar refractivity (Wildman–Crippen MR) is 119 cm³/mol. The quantitative estimate of drug-likeness (QED) is 0.374. The van der Waals surface area contributed by atoms with Crippen molar-refractivity contribution in [3.63, 3.8) is 0 Å². The first kappa shape index (κ1) is 21.3. The van der Waals surface area contributed by atoms with E-state index in [1.54, 1.807) is 11.5 Å². The highest BCUT2D eigenvalue weighted by atomic mass is 32.2. The summed E-state index contributed by atoms with van der Waals surface area (Å²) < 4.78 is 7.82. The Bertz CT molecular complexity index is 1030. The number of aromatic nitrogens is 1. The number of carbonyl (C=O) groups excluding carboxylic acids is 2. The molecule has 5 nitrogen and oxygen atoms in total. The highest BCUT2D eigenvalue weighted by Crippen LogP contribution is 2.17. The van der Waals surface area contributed by atoms with Crippen molar-refractivity contribution in [2.45, 2.75) is 32.1 Å². The van der Waals surface area contributed by atoms with Crippen LogP contribution in [0.15, 0.2) is 59.6 Å². The van der Waals surface area contributed by atoms with Gasteiger partial charge in [0.2, 0.25) is 5.91 Å². The molecule has 0 aliphatic heterocycles. The average Bonchev–Trinajstić information content (AvgIpc) is 3.05. The summed E-state index contributed by atoms with van der Waals surface area (Å²) in [5, 5.41) is 0. The van der Waals surface area contributed by atoms with Gasteiger partial charge in [0, 0.05) is 12.2 Å². The lowest BCUT2D eigenvalue weighted by atomic mass is 10.2. The monoisotopic (exact) mass is 428 g/mol. The lowest BCUT2D eigenvalue weighted by molar-refractivity contribution is -0.143. The number of hydrogen-bond acceptors (Lipinski definition) is 5. The van der Waals surface area contributed by atoms with Gasteiger partial charge < -0.3 is 9.30 Å². The largest absolute Gasteiger partial charge is 0.465 e. The van der Waals surface area contributed by atoms with Crippen molar-refractivity contribution >= 4 is 45.2 Å². The molecule has 7 heteroatoms. The minimum absolute atomic E-state index is 0.0525. The molecule has 0 N–H and O–H groups in total. The van der Waals surface area contributed by atoms with Crippen LogP contribution in [0, 0.1) is 0 Å². The number of hydrogen-bond donors (Lipinski definition) is 0. The summed E-state index contributed by atoms with van der Waals surface area (Å²) in [5.41, 5.74) is 2.18. The number of nitrogens with zero attached hydrogens (tertiary/aromatic N) is 2. The second kappa shape index (κ2) is 11.0. The molecule has 0 saturated heterocycles. The molecule has 1 amide bonds. The SMILES string of the molecule is CCOC(=O)Cn1c(=NC(=O)CCCSCc2ccccc2)sc2ccccc21. The van der Waals surface area contributed by atoms with Crippen LogP contribution in [-0.2, 0) is 26.6 Å². The lowest BCUT2D eigenvalue weighted by Gasteiger charge is -2.05. The van der Waals surface area contributed by atoms with E-state index in [9.17, 15) is 9.59 Å². The normalized spacial score (nSPS) is 11.7. The molecule has 0 unspecified atom stereocenters. The van der Waals surface area contributed by atoms with E-state index in [0.717, 1.165) is 28.1 Å². The van der Waals surface area contributed by atoms with Gasteiger partial charge in [-0.2, -0.15) is 16.8 Å². The van der Waals surface area contributed by atoms with Gasteiger partial charge in [0.05, 0.1) is 16.8 Å². The van der Waals surface area contributed by atoms with Crippen LogP contribution in [0.3, 0.4) is 0 Å². The molecule has 3 aromatic rings. The maximum atomic E-state index is 12.4. The van der Waals surface area contributed by atoms with Crippen LogP contribution >= 0.6 is 23.1 Å². The number of ether oxygens (including phenoxy) is 1. The summed E-state index contributed by atoms with van der Waals surface area (Å²) in [6.07, 6.45) is 1.18. The Kier molecular flexibility index (Phi) is 8.07. The molecule has 29 heavy (non-hydrogen) atoms. The minimum Gasteiger partial charge on any atom is -0.465 e. The van der Waals surface area contributed by atoms with Crippen LogP contribution in [0.4, 0.5) is 0 Å². The smallest absolute Gasteiger partial charge is 0.326 e. The topological polar surface area (TPSA) is 60.7 Å². The van der Waals surface area contributed by atoms with E-state index in [1.807, 2.05) is 54.2 Å². The standard InChI is InChI=1S/C22H24N2O3S2/c1-2-27-21(26)15-24-18-11-6-7-12-19(18)29-22(24)23-20(25)13-8-14-28-16-17-9-4-3-5-10-17/h3-7,9-12H,2,8,13-16H2,1H3. The molecular formula is C22H24N2O3S2. The summed E-state index contributed by atoms with van der Waals surface area (Å²) in [4.78, 5) is 29.2. The van der Waals surface area contributed by atoms with Gasteiger partial charge in [0.25, 0.3) is 0 Å².